The van der Waals surface area contributed by atoms with E-state index in [9.17, 15) is 0 Å². The van der Waals surface area contributed by atoms with E-state index in [4.69, 9.17) is 16.9 Å². The molecule has 0 amide bonds. The summed E-state index contributed by atoms with van der Waals surface area (Å²) in [6.07, 6.45) is 6.18. The molecule has 0 aromatic heterocycles. The van der Waals surface area contributed by atoms with Gasteiger partial charge in [0.25, 0.3) is 0 Å². The molecule has 3 heteroatoms. The topological polar surface area (TPSA) is 47.3 Å². The number of para-hydroxylation sites is 1. The molecule has 0 aliphatic carbocycles. The monoisotopic (exact) mass is 246 g/mol. The zero-order valence-corrected chi connectivity index (χ0v) is 11.4. The van der Waals surface area contributed by atoms with Crippen molar-refractivity contribution in [3.8, 4) is 18.1 Å². The fraction of sp³-hybridized carbons (Fsp3) is 0.467. The Bertz CT molecular complexity index is 425. The number of rotatable bonds is 6. The molecule has 0 radical (unpaired) electrons. The van der Waals surface area contributed by atoms with Gasteiger partial charge in [-0.05, 0) is 31.9 Å². The SMILES string of the molecule is C#CC(C)NC(C)(CN)Cc1ccccc1OC. The van der Waals surface area contributed by atoms with Gasteiger partial charge in [-0.1, -0.05) is 24.1 Å². The summed E-state index contributed by atoms with van der Waals surface area (Å²) in [6.45, 7) is 4.54. The summed E-state index contributed by atoms with van der Waals surface area (Å²) >= 11 is 0. The Labute approximate surface area is 110 Å². The van der Waals surface area contributed by atoms with Gasteiger partial charge in [0.1, 0.15) is 5.75 Å². The molecule has 0 aliphatic rings. The number of benzene rings is 1. The van der Waals surface area contributed by atoms with E-state index < -0.39 is 0 Å². The maximum absolute atomic E-state index is 5.88. The Morgan fingerprint density at radius 2 is 2.17 bits per heavy atom. The second-order valence-electron chi connectivity index (χ2n) is 4.79. The Balaban J connectivity index is 2.88. The van der Waals surface area contributed by atoms with Gasteiger partial charge in [0.15, 0.2) is 0 Å². The predicted octanol–water partition coefficient (Wildman–Crippen LogP) is 1.57. The van der Waals surface area contributed by atoms with Gasteiger partial charge in [-0.3, -0.25) is 5.32 Å². The average molecular weight is 246 g/mol. The van der Waals surface area contributed by atoms with Crippen LogP contribution in [0, 0.1) is 12.3 Å². The van der Waals surface area contributed by atoms with Gasteiger partial charge >= 0.3 is 0 Å². The highest BCUT2D eigenvalue weighted by Gasteiger charge is 2.25. The fourth-order valence-corrected chi connectivity index (χ4v) is 2.02. The standard InChI is InChI=1S/C15H22N2O/c1-5-12(2)17-15(3,11-16)10-13-8-6-7-9-14(13)18-4/h1,6-9,12,17H,10-11,16H2,2-4H3. The van der Waals surface area contributed by atoms with E-state index in [1.54, 1.807) is 7.11 Å². The van der Waals surface area contributed by atoms with E-state index in [-0.39, 0.29) is 11.6 Å². The third-order valence-electron chi connectivity index (χ3n) is 3.04. The van der Waals surface area contributed by atoms with Crippen molar-refractivity contribution in [1.82, 2.24) is 5.32 Å². The van der Waals surface area contributed by atoms with Crippen molar-refractivity contribution >= 4 is 0 Å². The van der Waals surface area contributed by atoms with E-state index >= 15 is 0 Å². The molecule has 1 aromatic carbocycles. The molecule has 0 saturated heterocycles. The summed E-state index contributed by atoms with van der Waals surface area (Å²) in [5.41, 5.74) is 6.77. The first-order chi connectivity index (χ1) is 8.54. The smallest absolute Gasteiger partial charge is 0.122 e. The highest BCUT2D eigenvalue weighted by Crippen LogP contribution is 2.22. The molecule has 2 unspecified atom stereocenters. The Morgan fingerprint density at radius 1 is 1.50 bits per heavy atom. The van der Waals surface area contributed by atoms with Crippen molar-refractivity contribution in [1.29, 1.82) is 0 Å². The first-order valence-corrected chi connectivity index (χ1v) is 6.10. The number of hydrogen-bond donors (Lipinski definition) is 2. The molecule has 1 rings (SSSR count). The quantitative estimate of drug-likeness (QED) is 0.749. The second-order valence-corrected chi connectivity index (χ2v) is 4.79. The fourth-order valence-electron chi connectivity index (χ4n) is 2.02. The summed E-state index contributed by atoms with van der Waals surface area (Å²) in [7, 11) is 1.68. The van der Waals surface area contributed by atoms with Crippen LogP contribution in [0.15, 0.2) is 24.3 Å². The highest BCUT2D eigenvalue weighted by molar-refractivity contribution is 5.34. The van der Waals surface area contributed by atoms with Gasteiger partial charge in [0.2, 0.25) is 0 Å². The first-order valence-electron chi connectivity index (χ1n) is 6.10. The number of ether oxygens (including phenoxy) is 1. The van der Waals surface area contributed by atoms with Crippen LogP contribution in [-0.2, 0) is 6.42 Å². The molecule has 3 nitrogen and oxygen atoms in total. The van der Waals surface area contributed by atoms with E-state index in [0.29, 0.717) is 6.54 Å². The normalized spacial score (nSPS) is 15.5. The third-order valence-corrected chi connectivity index (χ3v) is 3.04. The molecule has 0 spiro atoms. The minimum atomic E-state index is -0.236. The first kappa shape index (κ1) is 14.6. The maximum Gasteiger partial charge on any atom is 0.122 e. The molecule has 0 heterocycles. The molecule has 0 saturated carbocycles. The lowest BCUT2D eigenvalue weighted by molar-refractivity contribution is 0.339. The second kappa shape index (κ2) is 6.44. The third kappa shape index (κ3) is 3.76. The van der Waals surface area contributed by atoms with Gasteiger partial charge in [-0.25, -0.2) is 0 Å². The molecule has 0 fully saturated rings. The average Bonchev–Trinajstić information content (AvgIpc) is 2.39. The summed E-state index contributed by atoms with van der Waals surface area (Å²) in [5, 5.41) is 3.38. The van der Waals surface area contributed by atoms with Gasteiger partial charge in [-0.15, -0.1) is 6.42 Å². The summed E-state index contributed by atoms with van der Waals surface area (Å²) in [6, 6.07) is 7.96. The predicted molar refractivity (Wildman–Crippen MR) is 75.6 cm³/mol. The number of methoxy groups -OCH3 is 1. The number of terminal acetylenes is 1. The van der Waals surface area contributed by atoms with Crippen LogP contribution in [0.3, 0.4) is 0 Å². The van der Waals surface area contributed by atoms with E-state index in [0.717, 1.165) is 17.7 Å². The van der Waals surface area contributed by atoms with Crippen LogP contribution in [0.1, 0.15) is 19.4 Å². The van der Waals surface area contributed by atoms with E-state index in [1.807, 2.05) is 25.1 Å². The van der Waals surface area contributed by atoms with Crippen LogP contribution >= 0.6 is 0 Å². The molecule has 2 atom stereocenters. The Kier molecular flexibility index (Phi) is 5.21. The van der Waals surface area contributed by atoms with Gasteiger partial charge < -0.3 is 10.5 Å². The lowest BCUT2D eigenvalue weighted by atomic mass is 9.91. The lowest BCUT2D eigenvalue weighted by Crippen LogP contribution is -2.53. The molecule has 18 heavy (non-hydrogen) atoms. The Morgan fingerprint density at radius 3 is 2.72 bits per heavy atom. The summed E-state index contributed by atoms with van der Waals surface area (Å²) in [4.78, 5) is 0. The lowest BCUT2D eigenvalue weighted by Gasteiger charge is -2.32. The van der Waals surface area contributed by atoms with Crippen molar-refractivity contribution in [2.75, 3.05) is 13.7 Å². The van der Waals surface area contributed by atoms with Crippen molar-refractivity contribution in [2.45, 2.75) is 31.8 Å². The summed E-state index contributed by atoms with van der Waals surface area (Å²) in [5.74, 6) is 3.55. The van der Waals surface area contributed by atoms with Crippen LogP contribution in [-0.4, -0.2) is 25.2 Å². The number of nitrogens with two attached hydrogens (primary N) is 1. The maximum atomic E-state index is 5.88. The molecular formula is C15H22N2O. The van der Waals surface area contributed by atoms with Gasteiger partial charge in [0, 0.05) is 12.1 Å². The molecule has 1 aromatic rings. The number of nitrogens with one attached hydrogen (secondary N) is 1. The van der Waals surface area contributed by atoms with E-state index in [2.05, 4.69) is 24.2 Å². The van der Waals surface area contributed by atoms with Crippen molar-refractivity contribution in [2.24, 2.45) is 5.73 Å². The zero-order chi connectivity index (χ0) is 13.6. The Hall–Kier alpha value is -1.50. The van der Waals surface area contributed by atoms with Crippen molar-refractivity contribution < 1.29 is 4.74 Å². The minimum absolute atomic E-state index is 0.00624. The summed E-state index contributed by atoms with van der Waals surface area (Å²) < 4.78 is 5.36. The largest absolute Gasteiger partial charge is 0.496 e. The minimum Gasteiger partial charge on any atom is -0.496 e. The van der Waals surface area contributed by atoms with E-state index in [1.165, 1.54) is 0 Å². The molecule has 3 N–H and O–H groups in total. The van der Waals surface area contributed by atoms with Gasteiger partial charge in [-0.2, -0.15) is 0 Å². The highest BCUT2D eigenvalue weighted by atomic mass is 16.5. The molecule has 98 valence electrons. The van der Waals surface area contributed by atoms with Crippen LogP contribution in [0.5, 0.6) is 5.75 Å². The number of hydrogen-bond acceptors (Lipinski definition) is 3. The van der Waals surface area contributed by atoms with Crippen molar-refractivity contribution in [3.63, 3.8) is 0 Å². The molecule has 0 aliphatic heterocycles. The van der Waals surface area contributed by atoms with Crippen LogP contribution in [0.25, 0.3) is 0 Å². The molecular weight excluding hydrogens is 224 g/mol. The zero-order valence-electron chi connectivity index (χ0n) is 11.4. The van der Waals surface area contributed by atoms with Crippen LogP contribution in [0.2, 0.25) is 0 Å². The van der Waals surface area contributed by atoms with Crippen LogP contribution < -0.4 is 15.8 Å². The van der Waals surface area contributed by atoms with Crippen molar-refractivity contribution in [3.05, 3.63) is 29.8 Å². The molecule has 0 bridgehead atoms. The van der Waals surface area contributed by atoms with Crippen LogP contribution in [0.4, 0.5) is 0 Å². The van der Waals surface area contributed by atoms with Gasteiger partial charge in [0.05, 0.1) is 13.2 Å².